The van der Waals surface area contributed by atoms with Gasteiger partial charge in [0.2, 0.25) is 0 Å². The predicted octanol–water partition coefficient (Wildman–Crippen LogP) is 2.40. The van der Waals surface area contributed by atoms with Crippen molar-refractivity contribution in [3.8, 4) is 0 Å². The SMILES string of the molecule is O=[N+]([O-])c1ncccc1C=CCBr. The smallest absolute Gasteiger partial charge is 0.358 e. The van der Waals surface area contributed by atoms with Crippen molar-refractivity contribution >= 4 is 27.8 Å². The summed E-state index contributed by atoms with van der Waals surface area (Å²) in [5.41, 5.74) is 0.520. The van der Waals surface area contributed by atoms with Crippen LogP contribution >= 0.6 is 15.9 Å². The first-order valence-electron chi connectivity index (χ1n) is 3.57. The van der Waals surface area contributed by atoms with Crippen LogP contribution in [0.25, 0.3) is 6.08 Å². The average molecular weight is 243 g/mol. The zero-order valence-electron chi connectivity index (χ0n) is 6.68. The number of aromatic nitrogens is 1. The molecule has 0 amide bonds. The van der Waals surface area contributed by atoms with Crippen molar-refractivity contribution in [1.82, 2.24) is 4.98 Å². The number of nitrogens with zero attached hydrogens (tertiary/aromatic N) is 2. The van der Waals surface area contributed by atoms with E-state index in [1.807, 2.05) is 0 Å². The van der Waals surface area contributed by atoms with E-state index in [0.29, 0.717) is 10.9 Å². The molecular weight excluding hydrogens is 236 g/mol. The fourth-order valence-corrected chi connectivity index (χ4v) is 1.05. The zero-order chi connectivity index (χ0) is 9.68. The second kappa shape index (κ2) is 4.71. The molecule has 0 spiro atoms. The number of nitro groups is 1. The fourth-order valence-electron chi connectivity index (χ4n) is 0.864. The molecule has 1 aromatic rings. The summed E-state index contributed by atoms with van der Waals surface area (Å²) in [6.07, 6.45) is 4.85. The second-order valence-corrected chi connectivity index (χ2v) is 2.88. The monoisotopic (exact) mass is 242 g/mol. The van der Waals surface area contributed by atoms with Gasteiger partial charge in [0.1, 0.15) is 6.20 Å². The predicted molar refractivity (Wildman–Crippen MR) is 53.7 cm³/mol. The Hall–Kier alpha value is -1.23. The summed E-state index contributed by atoms with van der Waals surface area (Å²) < 4.78 is 0. The molecule has 1 aromatic heterocycles. The van der Waals surface area contributed by atoms with Crippen molar-refractivity contribution < 1.29 is 4.92 Å². The van der Waals surface area contributed by atoms with E-state index < -0.39 is 4.92 Å². The Morgan fingerprint density at radius 3 is 3.08 bits per heavy atom. The maximum Gasteiger partial charge on any atom is 0.370 e. The third kappa shape index (κ3) is 2.62. The molecule has 0 saturated heterocycles. The van der Waals surface area contributed by atoms with Crippen LogP contribution < -0.4 is 0 Å². The van der Waals surface area contributed by atoms with Crippen LogP contribution in [0.5, 0.6) is 0 Å². The van der Waals surface area contributed by atoms with E-state index in [4.69, 9.17) is 0 Å². The van der Waals surface area contributed by atoms with Crippen LogP contribution in [-0.2, 0) is 0 Å². The molecule has 0 aliphatic carbocycles. The van der Waals surface area contributed by atoms with Crippen molar-refractivity contribution in [3.63, 3.8) is 0 Å². The third-order valence-corrected chi connectivity index (χ3v) is 1.75. The number of rotatable bonds is 3. The Morgan fingerprint density at radius 1 is 1.69 bits per heavy atom. The van der Waals surface area contributed by atoms with Gasteiger partial charge in [-0.25, -0.2) is 0 Å². The number of alkyl halides is 1. The zero-order valence-corrected chi connectivity index (χ0v) is 8.27. The van der Waals surface area contributed by atoms with Gasteiger partial charge in [0.15, 0.2) is 0 Å². The highest BCUT2D eigenvalue weighted by Gasteiger charge is 2.10. The van der Waals surface area contributed by atoms with Crippen LogP contribution in [0.4, 0.5) is 5.82 Å². The van der Waals surface area contributed by atoms with Gasteiger partial charge in [0, 0.05) is 5.33 Å². The molecule has 4 nitrogen and oxygen atoms in total. The van der Waals surface area contributed by atoms with Crippen molar-refractivity contribution in [1.29, 1.82) is 0 Å². The first-order chi connectivity index (χ1) is 6.25. The fraction of sp³-hybridized carbons (Fsp3) is 0.125. The topological polar surface area (TPSA) is 56.0 Å². The van der Waals surface area contributed by atoms with Crippen LogP contribution in [0.1, 0.15) is 5.56 Å². The van der Waals surface area contributed by atoms with Gasteiger partial charge in [-0.2, -0.15) is 0 Å². The lowest BCUT2D eigenvalue weighted by atomic mass is 10.2. The summed E-state index contributed by atoms with van der Waals surface area (Å²) in [5, 5.41) is 11.1. The highest BCUT2D eigenvalue weighted by Crippen LogP contribution is 2.15. The lowest BCUT2D eigenvalue weighted by Gasteiger charge is -1.94. The Labute approximate surface area is 83.6 Å². The Bertz CT molecular complexity index is 339. The summed E-state index contributed by atoms with van der Waals surface area (Å²) in [6.45, 7) is 0. The molecule has 0 saturated carbocycles. The molecule has 5 heteroatoms. The molecular formula is C8H7BrN2O2. The lowest BCUT2D eigenvalue weighted by Crippen LogP contribution is -1.93. The van der Waals surface area contributed by atoms with Gasteiger partial charge in [0.25, 0.3) is 0 Å². The van der Waals surface area contributed by atoms with E-state index in [2.05, 4.69) is 20.9 Å². The maximum atomic E-state index is 10.5. The Morgan fingerprint density at radius 2 is 2.46 bits per heavy atom. The molecule has 0 aliphatic heterocycles. The van der Waals surface area contributed by atoms with Crippen molar-refractivity contribution in [3.05, 3.63) is 40.1 Å². The van der Waals surface area contributed by atoms with Gasteiger partial charge < -0.3 is 10.1 Å². The third-order valence-electron chi connectivity index (χ3n) is 1.38. The van der Waals surface area contributed by atoms with Gasteiger partial charge in [-0.3, -0.25) is 0 Å². The summed E-state index contributed by atoms with van der Waals surface area (Å²) in [7, 11) is 0. The van der Waals surface area contributed by atoms with Crippen molar-refractivity contribution in [2.24, 2.45) is 0 Å². The summed E-state index contributed by atoms with van der Waals surface area (Å²) in [6, 6.07) is 3.32. The molecule has 0 atom stereocenters. The minimum atomic E-state index is -0.492. The molecule has 1 heterocycles. The second-order valence-electron chi connectivity index (χ2n) is 2.23. The summed E-state index contributed by atoms with van der Waals surface area (Å²) in [5.74, 6) is -0.111. The van der Waals surface area contributed by atoms with Gasteiger partial charge in [-0.1, -0.05) is 22.0 Å². The Balaban J connectivity index is 3.05. The molecule has 1 rings (SSSR count). The van der Waals surface area contributed by atoms with Crippen LogP contribution in [0, 0.1) is 10.1 Å². The van der Waals surface area contributed by atoms with Gasteiger partial charge >= 0.3 is 5.82 Å². The summed E-state index contributed by atoms with van der Waals surface area (Å²) in [4.78, 5) is 13.7. The van der Waals surface area contributed by atoms with Gasteiger partial charge in [0.05, 0.1) is 5.56 Å². The van der Waals surface area contributed by atoms with E-state index in [1.165, 1.54) is 6.20 Å². The Kier molecular flexibility index (Phi) is 3.57. The number of allylic oxidation sites excluding steroid dienone is 1. The number of hydrogen-bond acceptors (Lipinski definition) is 3. The van der Waals surface area contributed by atoms with Crippen molar-refractivity contribution in [2.75, 3.05) is 5.33 Å². The van der Waals surface area contributed by atoms with Gasteiger partial charge in [-0.15, -0.1) is 0 Å². The van der Waals surface area contributed by atoms with Crippen LogP contribution in [0.15, 0.2) is 24.4 Å². The quantitative estimate of drug-likeness (QED) is 0.465. The van der Waals surface area contributed by atoms with Gasteiger partial charge in [-0.05, 0) is 28.1 Å². The average Bonchev–Trinajstić information content (AvgIpc) is 2.15. The molecule has 13 heavy (non-hydrogen) atoms. The summed E-state index contributed by atoms with van der Waals surface area (Å²) >= 11 is 3.19. The van der Waals surface area contributed by atoms with E-state index in [1.54, 1.807) is 24.3 Å². The number of halogens is 1. The van der Waals surface area contributed by atoms with E-state index in [9.17, 15) is 10.1 Å². The highest BCUT2D eigenvalue weighted by atomic mass is 79.9. The molecule has 68 valence electrons. The molecule has 0 bridgehead atoms. The van der Waals surface area contributed by atoms with Crippen LogP contribution in [0.2, 0.25) is 0 Å². The lowest BCUT2D eigenvalue weighted by molar-refractivity contribution is -0.389. The van der Waals surface area contributed by atoms with Crippen molar-refractivity contribution in [2.45, 2.75) is 0 Å². The first kappa shape index (κ1) is 9.85. The first-order valence-corrected chi connectivity index (χ1v) is 4.69. The van der Waals surface area contributed by atoms with Crippen LogP contribution in [0.3, 0.4) is 0 Å². The normalized spacial score (nSPS) is 10.5. The molecule has 0 N–H and O–H groups in total. The minimum absolute atomic E-state index is 0.111. The van der Waals surface area contributed by atoms with E-state index in [-0.39, 0.29) is 5.82 Å². The van der Waals surface area contributed by atoms with E-state index >= 15 is 0 Å². The highest BCUT2D eigenvalue weighted by molar-refractivity contribution is 9.09. The largest absolute Gasteiger partial charge is 0.370 e. The molecule has 0 fully saturated rings. The molecule has 0 aliphatic rings. The minimum Gasteiger partial charge on any atom is -0.358 e. The number of pyridine rings is 1. The molecule has 0 unspecified atom stereocenters. The van der Waals surface area contributed by atoms with E-state index in [0.717, 1.165) is 0 Å². The molecule has 0 radical (unpaired) electrons. The number of hydrogen-bond donors (Lipinski definition) is 0. The standard InChI is InChI=1S/C8H7BrN2O2/c9-5-1-3-7-4-2-6-10-8(7)11(12)13/h1-4,6H,5H2. The van der Waals surface area contributed by atoms with Crippen LogP contribution in [-0.4, -0.2) is 15.2 Å². The molecule has 0 aromatic carbocycles. The maximum absolute atomic E-state index is 10.5.